The number of hydrogen-bond donors (Lipinski definition) is 2. The minimum Gasteiger partial charge on any atom is -0.477 e. The summed E-state index contributed by atoms with van der Waals surface area (Å²) in [6, 6.07) is 4.10. The number of nitrogens with one attached hydrogen (secondary N) is 1. The van der Waals surface area contributed by atoms with Crippen molar-refractivity contribution >= 4 is 24.1 Å². The lowest BCUT2D eigenvalue weighted by Gasteiger charge is -2.32. The molecule has 0 bridgehead atoms. The molecule has 0 amide bonds. The second-order valence-electron chi connectivity index (χ2n) is 11.0. The molecule has 2 rings (SSSR count). The summed E-state index contributed by atoms with van der Waals surface area (Å²) in [5.41, 5.74) is -1.77. The number of esters is 2. The number of aliphatic carboxylic acids is 1. The maximum atomic E-state index is 12.7. The molecule has 1 fully saturated rings. The van der Waals surface area contributed by atoms with Crippen molar-refractivity contribution in [3.63, 3.8) is 0 Å². The second-order valence-corrected chi connectivity index (χ2v) is 11.0. The van der Waals surface area contributed by atoms with Gasteiger partial charge in [0.25, 0.3) is 5.72 Å². The first-order valence-electron chi connectivity index (χ1n) is 15.0. The standard InChI is InChI=1S/C31H47NO9/c1-5-7-10-16-27(33)39-25-19-18-23(20-26(25)40-28(34)17-11-8-6-2)21-31(29(35)36,32-22(3)4)41-30(37)38-24-14-12-9-13-15-24/h18-20,22,24,32H,5-17,21H2,1-4H3,(H,35,36)/t31-/m0/s1. The molecule has 0 heterocycles. The minimum atomic E-state index is -2.15. The van der Waals surface area contributed by atoms with Crippen LogP contribution in [0.25, 0.3) is 0 Å². The van der Waals surface area contributed by atoms with Gasteiger partial charge in [0.05, 0.1) is 0 Å². The van der Waals surface area contributed by atoms with Gasteiger partial charge in [-0.3, -0.25) is 14.9 Å². The second kappa shape index (κ2) is 17.6. The summed E-state index contributed by atoms with van der Waals surface area (Å²) in [6.07, 6.45) is 8.05. The molecule has 0 radical (unpaired) electrons. The lowest BCUT2D eigenvalue weighted by atomic mass is 9.98. The molecule has 1 aromatic carbocycles. The topological polar surface area (TPSA) is 137 Å². The number of hydrogen-bond acceptors (Lipinski definition) is 9. The fourth-order valence-corrected chi connectivity index (χ4v) is 4.75. The molecule has 1 aliphatic carbocycles. The highest BCUT2D eigenvalue weighted by Crippen LogP contribution is 2.32. The molecule has 0 saturated heterocycles. The van der Waals surface area contributed by atoms with Crippen LogP contribution >= 0.6 is 0 Å². The van der Waals surface area contributed by atoms with Gasteiger partial charge in [-0.25, -0.2) is 9.59 Å². The predicted molar refractivity (Wildman–Crippen MR) is 153 cm³/mol. The van der Waals surface area contributed by atoms with Crippen molar-refractivity contribution in [3.05, 3.63) is 23.8 Å². The van der Waals surface area contributed by atoms with Crippen LogP contribution in [0.5, 0.6) is 11.5 Å². The zero-order chi connectivity index (χ0) is 30.3. The predicted octanol–water partition coefficient (Wildman–Crippen LogP) is 6.47. The first kappa shape index (κ1) is 34.1. The van der Waals surface area contributed by atoms with E-state index in [9.17, 15) is 24.3 Å². The SMILES string of the molecule is CCCCCC(=O)Oc1ccc(C[C@](NC(C)C)(OC(=O)OC2CCCCC2)C(=O)O)cc1OC(=O)CCCCC. The molecule has 230 valence electrons. The summed E-state index contributed by atoms with van der Waals surface area (Å²) < 4.78 is 22.0. The van der Waals surface area contributed by atoms with Crippen LogP contribution in [0.4, 0.5) is 4.79 Å². The lowest BCUT2D eigenvalue weighted by Crippen LogP contribution is -2.59. The van der Waals surface area contributed by atoms with Crippen LogP contribution in [0.3, 0.4) is 0 Å². The number of benzene rings is 1. The van der Waals surface area contributed by atoms with Crippen molar-refractivity contribution in [2.24, 2.45) is 0 Å². The van der Waals surface area contributed by atoms with Gasteiger partial charge in [0, 0.05) is 25.3 Å². The summed E-state index contributed by atoms with van der Waals surface area (Å²) in [5, 5.41) is 13.1. The summed E-state index contributed by atoms with van der Waals surface area (Å²) in [5.74, 6) is -2.28. The fraction of sp³-hybridized carbons (Fsp3) is 0.677. The van der Waals surface area contributed by atoms with E-state index in [1.165, 1.54) is 12.1 Å². The van der Waals surface area contributed by atoms with Gasteiger partial charge in [-0.1, -0.05) is 52.0 Å². The first-order valence-corrected chi connectivity index (χ1v) is 15.0. The summed E-state index contributed by atoms with van der Waals surface area (Å²) >= 11 is 0. The van der Waals surface area contributed by atoms with Crippen molar-refractivity contribution in [2.75, 3.05) is 0 Å². The Kier molecular flexibility index (Phi) is 14.6. The highest BCUT2D eigenvalue weighted by Gasteiger charge is 2.45. The third-order valence-electron chi connectivity index (χ3n) is 6.82. The molecule has 0 aliphatic heterocycles. The average molecular weight is 578 g/mol. The molecule has 10 nitrogen and oxygen atoms in total. The Morgan fingerprint density at radius 2 is 1.49 bits per heavy atom. The van der Waals surface area contributed by atoms with Crippen LogP contribution in [-0.2, 0) is 30.3 Å². The number of rotatable bonds is 17. The number of unbranched alkanes of at least 4 members (excludes halogenated alkanes) is 4. The van der Waals surface area contributed by atoms with Gasteiger partial charge < -0.3 is 24.1 Å². The van der Waals surface area contributed by atoms with Crippen molar-refractivity contribution in [1.82, 2.24) is 5.32 Å². The van der Waals surface area contributed by atoms with Crippen molar-refractivity contribution in [2.45, 2.75) is 135 Å². The molecule has 0 spiro atoms. The van der Waals surface area contributed by atoms with Gasteiger partial charge in [0.2, 0.25) is 0 Å². The summed E-state index contributed by atoms with van der Waals surface area (Å²) in [4.78, 5) is 50.3. The molecular formula is C31H47NO9. The van der Waals surface area contributed by atoms with Crippen LogP contribution in [0, 0.1) is 0 Å². The van der Waals surface area contributed by atoms with Crippen molar-refractivity contribution < 1.29 is 43.2 Å². The third kappa shape index (κ3) is 12.1. The first-order chi connectivity index (χ1) is 19.6. The molecule has 1 aliphatic rings. The number of carbonyl (C=O) groups excluding carboxylic acids is 3. The largest absolute Gasteiger partial charge is 0.510 e. The molecule has 0 unspecified atom stereocenters. The van der Waals surface area contributed by atoms with Crippen LogP contribution in [0.15, 0.2) is 18.2 Å². The molecule has 41 heavy (non-hydrogen) atoms. The van der Waals surface area contributed by atoms with E-state index in [0.717, 1.165) is 44.9 Å². The summed E-state index contributed by atoms with van der Waals surface area (Å²) in [6.45, 7) is 7.53. The highest BCUT2D eigenvalue weighted by atomic mass is 16.7. The van der Waals surface area contributed by atoms with Gasteiger partial charge in [0.15, 0.2) is 11.5 Å². The Morgan fingerprint density at radius 3 is 2.02 bits per heavy atom. The van der Waals surface area contributed by atoms with Crippen LogP contribution in [0.1, 0.15) is 117 Å². The summed E-state index contributed by atoms with van der Waals surface area (Å²) in [7, 11) is 0. The van der Waals surface area contributed by atoms with E-state index in [2.05, 4.69) is 5.32 Å². The molecule has 1 aromatic rings. The Bertz CT molecular complexity index is 1000. The number of ether oxygens (including phenoxy) is 4. The molecule has 10 heteroatoms. The highest BCUT2D eigenvalue weighted by molar-refractivity contribution is 5.81. The zero-order valence-electron chi connectivity index (χ0n) is 25.0. The van der Waals surface area contributed by atoms with E-state index in [1.54, 1.807) is 19.9 Å². The zero-order valence-corrected chi connectivity index (χ0v) is 25.0. The Labute approximate surface area is 243 Å². The fourth-order valence-electron chi connectivity index (χ4n) is 4.75. The van der Waals surface area contributed by atoms with Gasteiger partial charge in [0.1, 0.15) is 6.10 Å². The average Bonchev–Trinajstić information content (AvgIpc) is 2.90. The number of carboxylic acids is 1. The molecule has 1 atom stereocenters. The normalized spacial score (nSPS) is 15.1. The molecular weight excluding hydrogens is 530 g/mol. The van der Waals surface area contributed by atoms with Gasteiger partial charge in [-0.15, -0.1) is 0 Å². The Morgan fingerprint density at radius 1 is 0.902 bits per heavy atom. The smallest absolute Gasteiger partial charge is 0.477 e. The van der Waals surface area contributed by atoms with E-state index >= 15 is 0 Å². The van der Waals surface area contributed by atoms with E-state index in [1.807, 2.05) is 13.8 Å². The Hall–Kier alpha value is -3.14. The lowest BCUT2D eigenvalue weighted by molar-refractivity contribution is -0.168. The minimum absolute atomic E-state index is 0.00135. The quantitative estimate of drug-likeness (QED) is 0.0917. The maximum absolute atomic E-state index is 12.7. The van der Waals surface area contributed by atoms with Crippen molar-refractivity contribution in [3.8, 4) is 11.5 Å². The molecule has 1 saturated carbocycles. The van der Waals surface area contributed by atoms with E-state index in [0.29, 0.717) is 31.2 Å². The van der Waals surface area contributed by atoms with E-state index < -0.39 is 29.8 Å². The van der Waals surface area contributed by atoms with Gasteiger partial charge >= 0.3 is 24.1 Å². The van der Waals surface area contributed by atoms with Crippen molar-refractivity contribution in [1.29, 1.82) is 0 Å². The van der Waals surface area contributed by atoms with Gasteiger partial charge in [-0.2, -0.15) is 0 Å². The monoisotopic (exact) mass is 577 g/mol. The number of carboxylic acid groups (broad SMARTS) is 1. The van der Waals surface area contributed by atoms with E-state index in [-0.39, 0.29) is 42.9 Å². The van der Waals surface area contributed by atoms with Crippen LogP contribution < -0.4 is 14.8 Å². The van der Waals surface area contributed by atoms with Crippen LogP contribution in [0.2, 0.25) is 0 Å². The van der Waals surface area contributed by atoms with E-state index in [4.69, 9.17) is 18.9 Å². The Balaban J connectivity index is 2.32. The molecule has 0 aromatic heterocycles. The van der Waals surface area contributed by atoms with Crippen LogP contribution in [-0.4, -0.2) is 47.0 Å². The molecule has 2 N–H and O–H groups in total. The number of carbonyl (C=O) groups is 4. The third-order valence-corrected chi connectivity index (χ3v) is 6.82. The maximum Gasteiger partial charge on any atom is 0.510 e. The van der Waals surface area contributed by atoms with Gasteiger partial charge in [-0.05, 0) is 70.1 Å².